The number of nitro groups is 1. The van der Waals surface area contributed by atoms with E-state index in [1.54, 1.807) is 0 Å². The molecule has 0 unspecified atom stereocenters. The number of nitro benzene ring substituents is 1. The molecule has 11 nitrogen and oxygen atoms in total. The average molecular weight is 416 g/mol. The van der Waals surface area contributed by atoms with Crippen LogP contribution in [0.15, 0.2) is 41.6 Å². The number of aromatic carboxylic acids is 2. The maximum absolute atomic E-state index is 12.1. The number of hydrogen-bond acceptors (Lipinski definition) is 7. The summed E-state index contributed by atoms with van der Waals surface area (Å²) in [4.78, 5) is 51.7. The van der Waals surface area contributed by atoms with Crippen LogP contribution in [0.2, 0.25) is 0 Å². The number of aromatic amines is 1. The van der Waals surface area contributed by atoms with Crippen molar-refractivity contribution < 1.29 is 29.5 Å². The highest BCUT2D eigenvalue weighted by Gasteiger charge is 2.14. The van der Waals surface area contributed by atoms with E-state index in [4.69, 9.17) is 10.2 Å². The number of hydrogen-bond donors (Lipinski definition) is 4. The number of benzene rings is 2. The maximum atomic E-state index is 12.1. The quantitative estimate of drug-likeness (QED) is 0.256. The first-order chi connectivity index (χ1) is 13.7. The molecule has 0 aliphatic rings. The Labute approximate surface area is 165 Å². The fourth-order valence-corrected chi connectivity index (χ4v) is 3.12. The number of nitrogens with zero attached hydrogens (tertiary/aromatic N) is 2. The highest BCUT2D eigenvalue weighted by Crippen LogP contribution is 2.23. The number of carbonyl (C=O) groups excluding carboxylic acids is 1. The normalized spacial score (nSPS) is 10.6. The summed E-state index contributed by atoms with van der Waals surface area (Å²) in [6.07, 6.45) is 0. The van der Waals surface area contributed by atoms with Crippen molar-refractivity contribution in [3.63, 3.8) is 0 Å². The Morgan fingerprint density at radius 2 is 1.76 bits per heavy atom. The molecule has 0 aliphatic heterocycles. The molecule has 12 heteroatoms. The van der Waals surface area contributed by atoms with Gasteiger partial charge < -0.3 is 20.5 Å². The highest BCUT2D eigenvalue weighted by molar-refractivity contribution is 7.99. The predicted octanol–water partition coefficient (Wildman–Crippen LogP) is 2.60. The smallest absolute Gasteiger partial charge is 0.335 e. The van der Waals surface area contributed by atoms with Crippen LogP contribution < -0.4 is 5.32 Å². The van der Waals surface area contributed by atoms with Crippen LogP contribution in [0.25, 0.3) is 11.0 Å². The van der Waals surface area contributed by atoms with E-state index in [1.165, 1.54) is 18.2 Å². The number of rotatable bonds is 7. The van der Waals surface area contributed by atoms with Crippen LogP contribution >= 0.6 is 11.8 Å². The van der Waals surface area contributed by atoms with E-state index in [0.717, 1.165) is 30.0 Å². The Morgan fingerprint density at radius 3 is 2.34 bits per heavy atom. The minimum absolute atomic E-state index is 0.0353. The maximum Gasteiger partial charge on any atom is 0.335 e. The summed E-state index contributed by atoms with van der Waals surface area (Å²) < 4.78 is 0. The topological polar surface area (TPSA) is 176 Å². The lowest BCUT2D eigenvalue weighted by Crippen LogP contribution is -2.15. The third-order valence-corrected chi connectivity index (χ3v) is 4.58. The Balaban J connectivity index is 1.70. The number of anilines is 1. The third kappa shape index (κ3) is 4.68. The second-order valence-corrected chi connectivity index (χ2v) is 6.71. The SMILES string of the molecule is O=C(CSc1nc2ccc([N+](=O)[O-])cc2[nH]1)Nc1cc(C(=O)O)cc(C(=O)O)c1. The van der Waals surface area contributed by atoms with Gasteiger partial charge in [-0.25, -0.2) is 14.6 Å². The third-order valence-electron chi connectivity index (χ3n) is 3.71. The van der Waals surface area contributed by atoms with Crippen molar-refractivity contribution in [2.45, 2.75) is 5.16 Å². The number of fused-ring (bicyclic) bond motifs is 1. The zero-order valence-electron chi connectivity index (χ0n) is 14.4. The first-order valence-corrected chi connectivity index (χ1v) is 8.90. The zero-order valence-corrected chi connectivity index (χ0v) is 15.2. The number of aromatic nitrogens is 2. The summed E-state index contributed by atoms with van der Waals surface area (Å²) in [6, 6.07) is 7.42. The minimum Gasteiger partial charge on any atom is -0.478 e. The van der Waals surface area contributed by atoms with Crippen LogP contribution in [0.5, 0.6) is 0 Å². The van der Waals surface area contributed by atoms with Gasteiger partial charge in [0.05, 0.1) is 32.8 Å². The van der Waals surface area contributed by atoms with Gasteiger partial charge in [0.2, 0.25) is 5.91 Å². The van der Waals surface area contributed by atoms with Crippen molar-refractivity contribution in [1.29, 1.82) is 0 Å². The standard InChI is InChI=1S/C17H12N4O7S/c22-14(18-10-4-8(15(23)24)3-9(5-10)16(25)26)7-29-17-19-12-2-1-11(21(27)28)6-13(12)20-17/h1-6H,7H2,(H,18,22)(H,19,20)(H,23,24)(H,25,26). The molecule has 0 saturated carbocycles. The van der Waals surface area contributed by atoms with Gasteiger partial charge in [0.1, 0.15) is 0 Å². The molecular formula is C17H12N4O7S. The molecule has 0 saturated heterocycles. The molecule has 0 bridgehead atoms. The second kappa shape index (κ2) is 7.98. The molecule has 0 radical (unpaired) electrons. The molecule has 2 aromatic carbocycles. The fourth-order valence-electron chi connectivity index (χ4n) is 2.43. The van der Waals surface area contributed by atoms with Gasteiger partial charge in [-0.1, -0.05) is 11.8 Å². The number of carbonyl (C=O) groups is 3. The number of imidazole rings is 1. The van der Waals surface area contributed by atoms with Gasteiger partial charge in [-0.15, -0.1) is 0 Å². The van der Waals surface area contributed by atoms with E-state index < -0.39 is 22.8 Å². The number of thioether (sulfide) groups is 1. The molecule has 0 atom stereocenters. The van der Waals surface area contributed by atoms with E-state index in [2.05, 4.69) is 15.3 Å². The summed E-state index contributed by atoms with van der Waals surface area (Å²) in [5, 5.41) is 31.7. The molecule has 1 aromatic heterocycles. The number of nitrogens with one attached hydrogen (secondary N) is 2. The Hall–Kier alpha value is -3.93. The molecule has 1 heterocycles. The molecule has 0 spiro atoms. The van der Waals surface area contributed by atoms with E-state index in [9.17, 15) is 24.5 Å². The minimum atomic E-state index is -1.32. The predicted molar refractivity (Wildman–Crippen MR) is 102 cm³/mol. The summed E-state index contributed by atoms with van der Waals surface area (Å²) in [5.41, 5.74) is 0.343. The van der Waals surface area contributed by atoms with Crippen molar-refractivity contribution in [1.82, 2.24) is 9.97 Å². The summed E-state index contributed by atoms with van der Waals surface area (Å²) in [6.45, 7) is 0. The molecular weight excluding hydrogens is 404 g/mol. The van der Waals surface area contributed by atoms with Crippen LogP contribution in [0.4, 0.5) is 11.4 Å². The van der Waals surface area contributed by atoms with E-state index >= 15 is 0 Å². The summed E-state index contributed by atoms with van der Waals surface area (Å²) >= 11 is 1.03. The lowest BCUT2D eigenvalue weighted by Gasteiger charge is -2.07. The number of H-pyrrole nitrogens is 1. The van der Waals surface area contributed by atoms with E-state index in [1.807, 2.05) is 0 Å². The molecule has 29 heavy (non-hydrogen) atoms. The van der Waals surface area contributed by atoms with Crippen molar-refractivity contribution in [2.24, 2.45) is 0 Å². The molecule has 0 fully saturated rings. The number of amides is 1. The second-order valence-electron chi connectivity index (χ2n) is 5.75. The highest BCUT2D eigenvalue weighted by atomic mass is 32.2. The monoisotopic (exact) mass is 416 g/mol. The van der Waals surface area contributed by atoms with E-state index in [0.29, 0.717) is 16.2 Å². The Kier molecular flexibility index (Phi) is 5.45. The van der Waals surface area contributed by atoms with Crippen LogP contribution in [-0.4, -0.2) is 48.7 Å². The molecule has 3 rings (SSSR count). The van der Waals surface area contributed by atoms with Crippen LogP contribution in [-0.2, 0) is 4.79 Å². The first-order valence-electron chi connectivity index (χ1n) is 7.91. The van der Waals surface area contributed by atoms with Gasteiger partial charge >= 0.3 is 11.9 Å². The first kappa shape index (κ1) is 19.8. The Bertz CT molecular complexity index is 1130. The van der Waals surface area contributed by atoms with Gasteiger partial charge in [-0.05, 0) is 24.3 Å². The van der Waals surface area contributed by atoms with Gasteiger partial charge in [0.15, 0.2) is 5.16 Å². The lowest BCUT2D eigenvalue weighted by atomic mass is 10.1. The van der Waals surface area contributed by atoms with Crippen molar-refractivity contribution in [2.75, 3.05) is 11.1 Å². The molecule has 148 valence electrons. The van der Waals surface area contributed by atoms with Gasteiger partial charge in [-0.2, -0.15) is 0 Å². The average Bonchev–Trinajstić information content (AvgIpc) is 3.08. The van der Waals surface area contributed by atoms with Crippen molar-refractivity contribution >= 4 is 52.0 Å². The fraction of sp³-hybridized carbons (Fsp3) is 0.0588. The van der Waals surface area contributed by atoms with Crippen molar-refractivity contribution in [3.05, 3.63) is 57.6 Å². The zero-order chi connectivity index (χ0) is 21.1. The molecule has 0 aliphatic carbocycles. The largest absolute Gasteiger partial charge is 0.478 e. The van der Waals surface area contributed by atoms with Gasteiger partial charge in [-0.3, -0.25) is 14.9 Å². The number of carboxylic acids is 2. The molecule has 3 aromatic rings. The van der Waals surface area contributed by atoms with Crippen LogP contribution in [0, 0.1) is 10.1 Å². The van der Waals surface area contributed by atoms with Crippen LogP contribution in [0.3, 0.4) is 0 Å². The van der Waals surface area contributed by atoms with E-state index in [-0.39, 0.29) is 28.3 Å². The Morgan fingerprint density at radius 1 is 1.10 bits per heavy atom. The summed E-state index contributed by atoms with van der Waals surface area (Å²) in [7, 11) is 0. The number of non-ortho nitro benzene ring substituents is 1. The lowest BCUT2D eigenvalue weighted by molar-refractivity contribution is -0.384. The molecule has 1 amide bonds. The van der Waals surface area contributed by atoms with Crippen LogP contribution in [0.1, 0.15) is 20.7 Å². The molecule has 4 N–H and O–H groups in total. The number of carboxylic acid groups (broad SMARTS) is 2. The van der Waals surface area contributed by atoms with Gasteiger partial charge in [0, 0.05) is 17.8 Å². The summed E-state index contributed by atoms with van der Waals surface area (Å²) in [5.74, 6) is -3.27. The van der Waals surface area contributed by atoms with Gasteiger partial charge in [0.25, 0.3) is 5.69 Å². The van der Waals surface area contributed by atoms with Crippen molar-refractivity contribution in [3.8, 4) is 0 Å².